The molecule has 0 unspecified atom stereocenters. The van der Waals surface area contributed by atoms with Gasteiger partial charge < -0.3 is 9.84 Å². The Labute approximate surface area is 114 Å². The Morgan fingerprint density at radius 3 is 2.74 bits per heavy atom. The SMILES string of the molecule is CCOC(=O)C(N=Nc1ccc(F)c(Cl)c1)=C(C)O. The van der Waals surface area contributed by atoms with Gasteiger partial charge in [0.15, 0.2) is 0 Å². The van der Waals surface area contributed by atoms with Crippen molar-refractivity contribution >= 4 is 23.3 Å². The van der Waals surface area contributed by atoms with Gasteiger partial charge in [-0.05, 0) is 32.0 Å². The van der Waals surface area contributed by atoms with Crippen molar-refractivity contribution in [2.24, 2.45) is 10.2 Å². The van der Waals surface area contributed by atoms with Gasteiger partial charge in [-0.25, -0.2) is 9.18 Å². The molecule has 5 nitrogen and oxygen atoms in total. The number of aliphatic hydroxyl groups excluding tert-OH is 1. The number of hydrogen-bond donors (Lipinski definition) is 1. The molecule has 0 aliphatic heterocycles. The molecule has 0 aromatic heterocycles. The Morgan fingerprint density at radius 2 is 2.21 bits per heavy atom. The van der Waals surface area contributed by atoms with E-state index in [1.165, 1.54) is 19.1 Å². The molecule has 0 aliphatic rings. The van der Waals surface area contributed by atoms with E-state index < -0.39 is 11.8 Å². The molecule has 0 saturated heterocycles. The molecule has 0 radical (unpaired) electrons. The molecule has 1 N–H and O–H groups in total. The number of halogens is 2. The Hall–Kier alpha value is -1.95. The van der Waals surface area contributed by atoms with E-state index in [1.54, 1.807) is 6.92 Å². The molecule has 1 aromatic carbocycles. The molecule has 1 rings (SSSR count). The lowest BCUT2D eigenvalue weighted by molar-refractivity contribution is -0.138. The summed E-state index contributed by atoms with van der Waals surface area (Å²) in [6, 6.07) is 3.70. The molecule has 0 spiro atoms. The monoisotopic (exact) mass is 286 g/mol. The van der Waals surface area contributed by atoms with Crippen LogP contribution in [0.15, 0.2) is 39.9 Å². The van der Waals surface area contributed by atoms with E-state index in [9.17, 15) is 14.3 Å². The number of hydrogen-bond acceptors (Lipinski definition) is 5. The van der Waals surface area contributed by atoms with E-state index in [0.29, 0.717) is 0 Å². The van der Waals surface area contributed by atoms with Crippen LogP contribution in [0.1, 0.15) is 13.8 Å². The maximum atomic E-state index is 12.9. The number of benzene rings is 1. The summed E-state index contributed by atoms with van der Waals surface area (Å²) in [7, 11) is 0. The predicted octanol–water partition coefficient (Wildman–Crippen LogP) is 3.92. The van der Waals surface area contributed by atoms with Crippen LogP contribution in [-0.4, -0.2) is 17.7 Å². The molecule has 0 bridgehead atoms. The van der Waals surface area contributed by atoms with Gasteiger partial charge in [0.25, 0.3) is 0 Å². The number of carbonyl (C=O) groups excluding carboxylic acids is 1. The van der Waals surface area contributed by atoms with Crippen molar-refractivity contribution in [1.29, 1.82) is 0 Å². The number of nitrogens with zero attached hydrogens (tertiary/aromatic N) is 2. The summed E-state index contributed by atoms with van der Waals surface area (Å²) in [5.41, 5.74) is -0.0725. The highest BCUT2D eigenvalue weighted by atomic mass is 35.5. The zero-order valence-corrected chi connectivity index (χ0v) is 11.1. The third kappa shape index (κ3) is 4.33. The molecule has 0 saturated carbocycles. The third-order valence-electron chi connectivity index (χ3n) is 1.98. The Balaban J connectivity index is 2.97. The van der Waals surface area contributed by atoms with Crippen LogP contribution in [0.3, 0.4) is 0 Å². The molecule has 7 heteroatoms. The third-order valence-corrected chi connectivity index (χ3v) is 2.27. The van der Waals surface area contributed by atoms with Crippen LogP contribution in [0.2, 0.25) is 5.02 Å². The largest absolute Gasteiger partial charge is 0.510 e. The molecule has 0 amide bonds. The van der Waals surface area contributed by atoms with E-state index >= 15 is 0 Å². The number of azo groups is 1. The number of rotatable bonds is 4. The standard InChI is InChI=1S/C12H12ClFN2O3/c1-3-19-12(18)11(7(2)17)16-15-8-4-5-10(14)9(13)6-8/h4-6,17H,3H2,1-2H3. The van der Waals surface area contributed by atoms with Crippen LogP contribution in [0.25, 0.3) is 0 Å². The highest BCUT2D eigenvalue weighted by molar-refractivity contribution is 6.30. The normalized spacial score (nSPS) is 12.4. The number of ether oxygens (including phenoxy) is 1. The van der Waals surface area contributed by atoms with E-state index in [0.717, 1.165) is 6.07 Å². The fraction of sp³-hybridized carbons (Fsp3) is 0.250. The maximum Gasteiger partial charge on any atom is 0.362 e. The Morgan fingerprint density at radius 1 is 1.53 bits per heavy atom. The summed E-state index contributed by atoms with van der Waals surface area (Å²) in [5.74, 6) is -1.70. The highest BCUT2D eigenvalue weighted by Crippen LogP contribution is 2.22. The summed E-state index contributed by atoms with van der Waals surface area (Å²) < 4.78 is 17.6. The average molecular weight is 287 g/mol. The fourth-order valence-corrected chi connectivity index (χ4v) is 1.29. The first-order valence-electron chi connectivity index (χ1n) is 5.39. The summed E-state index contributed by atoms with van der Waals surface area (Å²) in [4.78, 5) is 11.4. The van der Waals surface area contributed by atoms with Crippen LogP contribution < -0.4 is 0 Å². The first-order chi connectivity index (χ1) is 8.95. The molecule has 19 heavy (non-hydrogen) atoms. The Kier molecular flexibility index (Phi) is 5.44. The van der Waals surface area contributed by atoms with Gasteiger partial charge in [-0.3, -0.25) is 0 Å². The number of allylic oxidation sites excluding steroid dienone is 1. The number of aliphatic hydroxyl groups is 1. The highest BCUT2D eigenvalue weighted by Gasteiger charge is 2.13. The summed E-state index contributed by atoms with van der Waals surface area (Å²) >= 11 is 5.57. The van der Waals surface area contributed by atoms with E-state index in [2.05, 4.69) is 10.2 Å². The summed E-state index contributed by atoms with van der Waals surface area (Å²) in [6.45, 7) is 3.05. The van der Waals surface area contributed by atoms with Gasteiger partial charge in [0, 0.05) is 0 Å². The lowest BCUT2D eigenvalue weighted by Crippen LogP contribution is -2.07. The lowest BCUT2D eigenvalue weighted by atomic mass is 10.3. The molecule has 0 atom stereocenters. The maximum absolute atomic E-state index is 12.9. The van der Waals surface area contributed by atoms with Crippen molar-refractivity contribution in [2.75, 3.05) is 6.61 Å². The van der Waals surface area contributed by atoms with Crippen LogP contribution in [-0.2, 0) is 9.53 Å². The van der Waals surface area contributed by atoms with Crippen molar-refractivity contribution in [3.63, 3.8) is 0 Å². The van der Waals surface area contributed by atoms with Crippen molar-refractivity contribution in [3.05, 3.63) is 40.5 Å². The van der Waals surface area contributed by atoms with Crippen molar-refractivity contribution in [3.8, 4) is 0 Å². The topological polar surface area (TPSA) is 71.2 Å². The van der Waals surface area contributed by atoms with Crippen molar-refractivity contribution in [2.45, 2.75) is 13.8 Å². The predicted molar refractivity (Wildman–Crippen MR) is 67.9 cm³/mol. The minimum Gasteiger partial charge on any atom is -0.510 e. The van der Waals surface area contributed by atoms with Gasteiger partial charge >= 0.3 is 5.97 Å². The van der Waals surface area contributed by atoms with Gasteiger partial charge in [0.05, 0.1) is 17.3 Å². The number of carbonyl (C=O) groups is 1. The van der Waals surface area contributed by atoms with Crippen LogP contribution in [0.5, 0.6) is 0 Å². The average Bonchev–Trinajstić information content (AvgIpc) is 2.33. The van der Waals surface area contributed by atoms with Crippen LogP contribution in [0.4, 0.5) is 10.1 Å². The second-order valence-electron chi connectivity index (χ2n) is 3.45. The van der Waals surface area contributed by atoms with E-state index in [4.69, 9.17) is 16.3 Å². The molecule has 0 fully saturated rings. The Bertz CT molecular complexity index is 540. The van der Waals surface area contributed by atoms with Crippen LogP contribution >= 0.6 is 11.6 Å². The number of esters is 1. The van der Waals surface area contributed by atoms with Gasteiger partial charge in [0.1, 0.15) is 11.6 Å². The minimum absolute atomic E-state index is 0.112. The first-order valence-corrected chi connectivity index (χ1v) is 5.77. The molecule has 102 valence electrons. The molecule has 0 aliphatic carbocycles. The second kappa shape index (κ2) is 6.84. The second-order valence-corrected chi connectivity index (χ2v) is 3.86. The van der Waals surface area contributed by atoms with Crippen molar-refractivity contribution in [1.82, 2.24) is 0 Å². The van der Waals surface area contributed by atoms with Crippen LogP contribution in [0, 0.1) is 5.82 Å². The van der Waals surface area contributed by atoms with Gasteiger partial charge in [0.2, 0.25) is 5.70 Å². The van der Waals surface area contributed by atoms with E-state index in [-0.39, 0.29) is 28.8 Å². The lowest BCUT2D eigenvalue weighted by Gasteiger charge is -2.02. The van der Waals surface area contributed by atoms with Gasteiger partial charge in [-0.15, -0.1) is 5.11 Å². The quantitative estimate of drug-likeness (QED) is 0.395. The molecular weight excluding hydrogens is 275 g/mol. The molecule has 1 aromatic rings. The molecular formula is C12H12ClFN2O3. The minimum atomic E-state index is -0.792. The first kappa shape index (κ1) is 15.1. The summed E-state index contributed by atoms with van der Waals surface area (Å²) in [5, 5.41) is 16.5. The van der Waals surface area contributed by atoms with Gasteiger partial charge in [-0.1, -0.05) is 11.6 Å². The molecule has 0 heterocycles. The van der Waals surface area contributed by atoms with Gasteiger partial charge in [-0.2, -0.15) is 5.11 Å². The fourth-order valence-electron chi connectivity index (χ4n) is 1.12. The smallest absolute Gasteiger partial charge is 0.362 e. The zero-order chi connectivity index (χ0) is 14.4. The zero-order valence-electron chi connectivity index (χ0n) is 10.4. The van der Waals surface area contributed by atoms with Crippen molar-refractivity contribution < 1.29 is 19.0 Å². The van der Waals surface area contributed by atoms with E-state index in [1.807, 2.05) is 0 Å². The summed E-state index contributed by atoms with van der Waals surface area (Å²) in [6.07, 6.45) is 0.